The van der Waals surface area contributed by atoms with Crippen LogP contribution in [0.15, 0.2) is 24.3 Å². The van der Waals surface area contributed by atoms with Gasteiger partial charge in [-0.3, -0.25) is 4.79 Å². The van der Waals surface area contributed by atoms with Crippen molar-refractivity contribution < 1.29 is 9.53 Å². The number of benzene rings is 1. The molecule has 1 atom stereocenters. The van der Waals surface area contributed by atoms with Crippen molar-refractivity contribution in [2.24, 2.45) is 5.92 Å². The molecule has 0 amide bonds. The van der Waals surface area contributed by atoms with Gasteiger partial charge in [0.25, 0.3) is 0 Å². The smallest absolute Gasteiger partial charge is 0.314 e. The second kappa shape index (κ2) is 2.84. The molecule has 1 aliphatic heterocycles. The molecule has 0 unspecified atom stereocenters. The predicted octanol–water partition coefficient (Wildman–Crippen LogP) is 2.52. The van der Waals surface area contributed by atoms with Gasteiger partial charge in [-0.2, -0.15) is 0 Å². The first kappa shape index (κ1) is 9.25. The van der Waals surface area contributed by atoms with E-state index in [4.69, 9.17) is 4.74 Å². The largest absolute Gasteiger partial charge is 0.426 e. The summed E-state index contributed by atoms with van der Waals surface area (Å²) in [5.41, 5.74) is 0.985. The summed E-state index contributed by atoms with van der Waals surface area (Å²) >= 11 is 0. The van der Waals surface area contributed by atoms with Crippen molar-refractivity contribution in [1.29, 1.82) is 0 Å². The Hall–Kier alpha value is -1.31. The second-order valence-corrected chi connectivity index (χ2v) is 4.36. The molecule has 1 aromatic carbocycles. The third kappa shape index (κ3) is 1.14. The highest BCUT2D eigenvalue weighted by atomic mass is 16.5. The molecule has 1 aliphatic rings. The number of carbonyl (C=O) groups is 1. The summed E-state index contributed by atoms with van der Waals surface area (Å²) in [5, 5.41) is 0. The number of carbonyl (C=O) groups excluding carboxylic acids is 1. The summed E-state index contributed by atoms with van der Waals surface area (Å²) < 4.78 is 5.24. The van der Waals surface area contributed by atoms with Crippen LogP contribution in [0.25, 0.3) is 0 Å². The minimum Gasteiger partial charge on any atom is -0.426 e. The van der Waals surface area contributed by atoms with E-state index in [9.17, 15) is 4.79 Å². The highest BCUT2D eigenvalue weighted by Crippen LogP contribution is 2.41. The average molecular weight is 190 g/mol. The van der Waals surface area contributed by atoms with Crippen molar-refractivity contribution in [3.8, 4) is 5.75 Å². The van der Waals surface area contributed by atoms with Crippen LogP contribution in [0.5, 0.6) is 5.75 Å². The first-order valence-electron chi connectivity index (χ1n) is 4.84. The van der Waals surface area contributed by atoms with Crippen LogP contribution in [-0.2, 0) is 10.2 Å². The summed E-state index contributed by atoms with van der Waals surface area (Å²) in [7, 11) is 0. The molecule has 0 bridgehead atoms. The van der Waals surface area contributed by atoms with Crippen LogP contribution < -0.4 is 4.74 Å². The molecule has 2 rings (SSSR count). The fourth-order valence-corrected chi connectivity index (χ4v) is 1.81. The monoisotopic (exact) mass is 190 g/mol. The Morgan fingerprint density at radius 2 is 1.93 bits per heavy atom. The van der Waals surface area contributed by atoms with Crippen LogP contribution in [0.4, 0.5) is 0 Å². The minimum absolute atomic E-state index is 0.0857. The average Bonchev–Trinajstić information content (AvgIpc) is 2.15. The Bertz CT molecular complexity index is 380. The van der Waals surface area contributed by atoms with E-state index in [0.29, 0.717) is 5.75 Å². The van der Waals surface area contributed by atoms with Crippen LogP contribution in [-0.4, -0.2) is 5.97 Å². The third-order valence-electron chi connectivity index (χ3n) is 3.23. The standard InChI is InChI=1S/C12H14O2/c1-8-11(13)14-10-7-5-4-6-9(10)12(8,2)3/h4-8H,1-3H3/t8-/m0/s1. The molecule has 0 N–H and O–H groups in total. The van der Waals surface area contributed by atoms with Gasteiger partial charge in [0.15, 0.2) is 0 Å². The summed E-state index contributed by atoms with van der Waals surface area (Å²) in [6.07, 6.45) is 0. The third-order valence-corrected chi connectivity index (χ3v) is 3.23. The van der Waals surface area contributed by atoms with Gasteiger partial charge >= 0.3 is 5.97 Å². The van der Waals surface area contributed by atoms with Gasteiger partial charge in [0, 0.05) is 11.0 Å². The lowest BCUT2D eigenvalue weighted by atomic mass is 9.72. The van der Waals surface area contributed by atoms with Gasteiger partial charge in [0.05, 0.1) is 5.92 Å². The van der Waals surface area contributed by atoms with Crippen LogP contribution >= 0.6 is 0 Å². The maximum atomic E-state index is 11.6. The molecular formula is C12H14O2. The molecule has 0 spiro atoms. The van der Waals surface area contributed by atoms with Crippen LogP contribution in [0, 0.1) is 5.92 Å². The van der Waals surface area contributed by atoms with Gasteiger partial charge in [0.2, 0.25) is 0 Å². The summed E-state index contributed by atoms with van der Waals surface area (Å²) in [6.45, 7) is 6.08. The number of ether oxygens (including phenoxy) is 1. The number of hydrogen-bond donors (Lipinski definition) is 0. The topological polar surface area (TPSA) is 26.3 Å². The first-order valence-corrected chi connectivity index (χ1v) is 4.84. The molecule has 0 saturated carbocycles. The van der Waals surface area contributed by atoms with E-state index < -0.39 is 0 Å². The number of para-hydroxylation sites is 1. The molecule has 0 fully saturated rings. The van der Waals surface area contributed by atoms with Gasteiger partial charge in [-0.25, -0.2) is 0 Å². The highest BCUT2D eigenvalue weighted by molar-refractivity contribution is 5.79. The lowest BCUT2D eigenvalue weighted by Crippen LogP contribution is -2.39. The van der Waals surface area contributed by atoms with Crippen molar-refractivity contribution in [1.82, 2.24) is 0 Å². The highest BCUT2D eigenvalue weighted by Gasteiger charge is 2.40. The number of rotatable bonds is 0. The fraction of sp³-hybridized carbons (Fsp3) is 0.417. The lowest BCUT2D eigenvalue weighted by molar-refractivity contribution is -0.142. The molecule has 1 aromatic rings. The molecule has 14 heavy (non-hydrogen) atoms. The van der Waals surface area contributed by atoms with Crippen LogP contribution in [0.3, 0.4) is 0 Å². The normalized spacial score (nSPS) is 23.9. The van der Waals surface area contributed by atoms with Gasteiger partial charge < -0.3 is 4.74 Å². The molecular weight excluding hydrogens is 176 g/mol. The Kier molecular flexibility index (Phi) is 1.88. The zero-order chi connectivity index (χ0) is 10.3. The van der Waals surface area contributed by atoms with E-state index in [0.717, 1.165) is 5.56 Å². The van der Waals surface area contributed by atoms with E-state index in [2.05, 4.69) is 13.8 Å². The van der Waals surface area contributed by atoms with E-state index in [-0.39, 0.29) is 17.3 Å². The summed E-state index contributed by atoms with van der Waals surface area (Å²) in [5.74, 6) is 0.492. The molecule has 0 aliphatic carbocycles. The van der Waals surface area contributed by atoms with Crippen molar-refractivity contribution in [3.63, 3.8) is 0 Å². The van der Waals surface area contributed by atoms with Crippen molar-refractivity contribution in [3.05, 3.63) is 29.8 Å². The Balaban J connectivity index is 2.59. The van der Waals surface area contributed by atoms with Crippen LogP contribution in [0.1, 0.15) is 26.3 Å². The molecule has 1 heterocycles. The summed E-state index contributed by atoms with van der Waals surface area (Å²) in [4.78, 5) is 11.6. The van der Waals surface area contributed by atoms with Crippen LogP contribution in [0.2, 0.25) is 0 Å². The molecule has 0 radical (unpaired) electrons. The van der Waals surface area contributed by atoms with Gasteiger partial charge in [-0.1, -0.05) is 39.0 Å². The Morgan fingerprint density at radius 1 is 1.29 bits per heavy atom. The Labute approximate surface area is 83.9 Å². The predicted molar refractivity (Wildman–Crippen MR) is 54.3 cm³/mol. The van der Waals surface area contributed by atoms with E-state index in [1.807, 2.05) is 31.2 Å². The SMILES string of the molecule is C[C@H]1C(=O)Oc2ccccc2C1(C)C. The van der Waals surface area contributed by atoms with E-state index in [1.165, 1.54) is 0 Å². The van der Waals surface area contributed by atoms with Gasteiger partial charge in [-0.15, -0.1) is 0 Å². The maximum Gasteiger partial charge on any atom is 0.314 e. The van der Waals surface area contributed by atoms with E-state index in [1.54, 1.807) is 0 Å². The number of esters is 1. The Morgan fingerprint density at radius 3 is 2.64 bits per heavy atom. The summed E-state index contributed by atoms with van der Waals surface area (Å²) in [6, 6.07) is 7.74. The minimum atomic E-state index is -0.133. The van der Waals surface area contributed by atoms with Crippen molar-refractivity contribution >= 4 is 5.97 Å². The maximum absolute atomic E-state index is 11.6. The fourth-order valence-electron chi connectivity index (χ4n) is 1.81. The zero-order valence-electron chi connectivity index (χ0n) is 8.70. The zero-order valence-corrected chi connectivity index (χ0v) is 8.70. The van der Waals surface area contributed by atoms with Gasteiger partial charge in [-0.05, 0) is 6.07 Å². The molecule has 0 saturated heterocycles. The molecule has 2 heteroatoms. The van der Waals surface area contributed by atoms with Gasteiger partial charge in [0.1, 0.15) is 5.75 Å². The second-order valence-electron chi connectivity index (χ2n) is 4.36. The molecule has 74 valence electrons. The molecule has 2 nitrogen and oxygen atoms in total. The van der Waals surface area contributed by atoms with E-state index >= 15 is 0 Å². The van der Waals surface area contributed by atoms with Crippen molar-refractivity contribution in [2.45, 2.75) is 26.2 Å². The molecule has 0 aromatic heterocycles. The number of fused-ring (bicyclic) bond motifs is 1. The first-order chi connectivity index (χ1) is 6.53. The number of hydrogen-bond acceptors (Lipinski definition) is 2. The van der Waals surface area contributed by atoms with Crippen molar-refractivity contribution in [2.75, 3.05) is 0 Å². The quantitative estimate of drug-likeness (QED) is 0.464. The lowest BCUT2D eigenvalue weighted by Gasteiger charge is -2.36.